The number of carboxylic acid groups (broad SMARTS) is 1. The highest BCUT2D eigenvalue weighted by Crippen LogP contribution is 1.93. The summed E-state index contributed by atoms with van der Waals surface area (Å²) in [5.74, 6) is -2.55. The first kappa shape index (κ1) is 11.9. The number of ether oxygens (including phenoxy) is 1. The first-order valence-electron chi connectivity index (χ1n) is 4.09. The van der Waals surface area contributed by atoms with Crippen molar-refractivity contribution in [2.45, 2.75) is 13.3 Å². The summed E-state index contributed by atoms with van der Waals surface area (Å²) in [5.41, 5.74) is 0. The van der Waals surface area contributed by atoms with E-state index >= 15 is 0 Å². The highest BCUT2D eigenvalue weighted by atomic mass is 16.5. The maximum absolute atomic E-state index is 11.0. The standard InChI is InChI=1S/C8H15NO4/c1-6(8(11)12)7(10)9-4-3-5-13-2/h6H,3-5H2,1-2H3,(H,9,10)(H,11,12). The normalized spacial score (nSPS) is 12.2. The minimum Gasteiger partial charge on any atom is -0.481 e. The van der Waals surface area contributed by atoms with Crippen molar-refractivity contribution >= 4 is 11.9 Å². The van der Waals surface area contributed by atoms with Crippen molar-refractivity contribution in [3.05, 3.63) is 0 Å². The van der Waals surface area contributed by atoms with Crippen molar-refractivity contribution in [2.75, 3.05) is 20.3 Å². The fourth-order valence-electron chi connectivity index (χ4n) is 0.693. The van der Waals surface area contributed by atoms with Crippen molar-refractivity contribution < 1.29 is 19.4 Å². The van der Waals surface area contributed by atoms with Crippen LogP contribution in [-0.4, -0.2) is 37.2 Å². The topological polar surface area (TPSA) is 75.6 Å². The molecular weight excluding hydrogens is 174 g/mol. The van der Waals surface area contributed by atoms with Crippen molar-refractivity contribution in [2.24, 2.45) is 5.92 Å². The lowest BCUT2D eigenvalue weighted by atomic mass is 10.2. The largest absolute Gasteiger partial charge is 0.481 e. The lowest BCUT2D eigenvalue weighted by Crippen LogP contribution is -2.34. The van der Waals surface area contributed by atoms with Crippen molar-refractivity contribution in [1.29, 1.82) is 0 Å². The zero-order valence-electron chi connectivity index (χ0n) is 7.87. The van der Waals surface area contributed by atoms with Gasteiger partial charge in [0, 0.05) is 20.3 Å². The predicted molar refractivity (Wildman–Crippen MR) is 46.3 cm³/mol. The van der Waals surface area contributed by atoms with Crippen LogP contribution < -0.4 is 5.32 Å². The number of amides is 1. The fourth-order valence-corrected chi connectivity index (χ4v) is 0.693. The second kappa shape index (κ2) is 6.42. The van der Waals surface area contributed by atoms with Gasteiger partial charge in [-0.2, -0.15) is 0 Å². The van der Waals surface area contributed by atoms with Gasteiger partial charge in [0.1, 0.15) is 5.92 Å². The highest BCUT2D eigenvalue weighted by Gasteiger charge is 2.19. The van der Waals surface area contributed by atoms with Crippen LogP contribution in [0.4, 0.5) is 0 Å². The molecule has 5 nitrogen and oxygen atoms in total. The van der Waals surface area contributed by atoms with E-state index in [0.29, 0.717) is 19.6 Å². The van der Waals surface area contributed by atoms with Crippen molar-refractivity contribution in [3.8, 4) is 0 Å². The third kappa shape index (κ3) is 5.19. The number of hydrogen-bond donors (Lipinski definition) is 2. The van der Waals surface area contributed by atoms with Crippen LogP contribution in [0.2, 0.25) is 0 Å². The fraction of sp³-hybridized carbons (Fsp3) is 0.750. The Hall–Kier alpha value is -1.10. The molecule has 0 saturated carbocycles. The average molecular weight is 189 g/mol. The van der Waals surface area contributed by atoms with Gasteiger partial charge in [0.2, 0.25) is 5.91 Å². The Kier molecular flexibility index (Phi) is 5.88. The van der Waals surface area contributed by atoms with Gasteiger partial charge in [-0.05, 0) is 13.3 Å². The summed E-state index contributed by atoms with van der Waals surface area (Å²) in [4.78, 5) is 21.4. The second-order valence-electron chi connectivity index (χ2n) is 2.70. The highest BCUT2D eigenvalue weighted by molar-refractivity contribution is 5.96. The lowest BCUT2D eigenvalue weighted by molar-refractivity contribution is -0.146. The van der Waals surface area contributed by atoms with Gasteiger partial charge < -0.3 is 15.2 Å². The molecule has 0 saturated heterocycles. The van der Waals surface area contributed by atoms with Gasteiger partial charge in [-0.15, -0.1) is 0 Å². The third-order valence-electron chi connectivity index (χ3n) is 1.59. The minimum absolute atomic E-state index is 0.449. The van der Waals surface area contributed by atoms with E-state index in [-0.39, 0.29) is 0 Å². The summed E-state index contributed by atoms with van der Waals surface area (Å²) >= 11 is 0. The van der Waals surface area contributed by atoms with Gasteiger partial charge >= 0.3 is 5.97 Å². The number of aliphatic carboxylic acids is 1. The van der Waals surface area contributed by atoms with E-state index < -0.39 is 17.8 Å². The molecule has 13 heavy (non-hydrogen) atoms. The Bertz CT molecular complexity index is 181. The molecule has 1 unspecified atom stereocenters. The van der Waals surface area contributed by atoms with Crippen LogP contribution in [-0.2, 0) is 14.3 Å². The quantitative estimate of drug-likeness (QED) is 0.450. The van der Waals surface area contributed by atoms with Gasteiger partial charge in [-0.25, -0.2) is 0 Å². The Morgan fingerprint density at radius 1 is 1.54 bits per heavy atom. The van der Waals surface area contributed by atoms with Gasteiger partial charge in [0.25, 0.3) is 0 Å². The summed E-state index contributed by atoms with van der Waals surface area (Å²) in [7, 11) is 1.57. The summed E-state index contributed by atoms with van der Waals surface area (Å²) in [6.07, 6.45) is 0.689. The second-order valence-corrected chi connectivity index (χ2v) is 2.70. The number of carboxylic acids is 1. The van der Waals surface area contributed by atoms with E-state index in [1.165, 1.54) is 6.92 Å². The predicted octanol–water partition coefficient (Wildman–Crippen LogP) is -0.140. The summed E-state index contributed by atoms with van der Waals surface area (Å²) < 4.78 is 4.76. The molecule has 0 fully saturated rings. The number of hydrogen-bond acceptors (Lipinski definition) is 3. The maximum Gasteiger partial charge on any atom is 0.315 e. The molecule has 0 radical (unpaired) electrons. The molecule has 1 amide bonds. The molecule has 76 valence electrons. The van der Waals surface area contributed by atoms with Crippen LogP contribution in [0.3, 0.4) is 0 Å². The van der Waals surface area contributed by atoms with E-state index in [1.54, 1.807) is 7.11 Å². The SMILES string of the molecule is COCCCNC(=O)C(C)C(=O)O. The van der Waals surface area contributed by atoms with Crippen molar-refractivity contribution in [3.63, 3.8) is 0 Å². The number of carbonyl (C=O) groups is 2. The molecule has 0 aromatic carbocycles. The first-order valence-corrected chi connectivity index (χ1v) is 4.09. The molecular formula is C8H15NO4. The van der Waals surface area contributed by atoms with E-state index in [9.17, 15) is 9.59 Å². The Labute approximate surface area is 77.1 Å². The molecule has 0 spiro atoms. The van der Waals surface area contributed by atoms with Crippen LogP contribution in [0.15, 0.2) is 0 Å². The first-order chi connectivity index (χ1) is 6.09. The van der Waals surface area contributed by atoms with Crippen LogP contribution in [0.25, 0.3) is 0 Å². The van der Waals surface area contributed by atoms with E-state index in [1.807, 2.05) is 0 Å². The number of nitrogens with one attached hydrogen (secondary N) is 1. The monoisotopic (exact) mass is 189 g/mol. The van der Waals surface area contributed by atoms with Crippen LogP contribution in [0, 0.1) is 5.92 Å². The molecule has 0 aliphatic rings. The zero-order chi connectivity index (χ0) is 10.3. The molecule has 5 heteroatoms. The molecule has 0 rings (SSSR count). The van der Waals surface area contributed by atoms with Crippen LogP contribution >= 0.6 is 0 Å². The third-order valence-corrected chi connectivity index (χ3v) is 1.59. The van der Waals surface area contributed by atoms with E-state index in [4.69, 9.17) is 9.84 Å². The van der Waals surface area contributed by atoms with Gasteiger partial charge in [0.15, 0.2) is 0 Å². The summed E-state index contributed by atoms with van der Waals surface area (Å²) in [5, 5.41) is 11.0. The molecule has 0 aliphatic carbocycles. The molecule has 0 aromatic heterocycles. The van der Waals surface area contributed by atoms with Crippen LogP contribution in [0.5, 0.6) is 0 Å². The lowest BCUT2D eigenvalue weighted by Gasteiger charge is -2.07. The molecule has 1 atom stereocenters. The summed E-state index contributed by atoms with van der Waals surface area (Å²) in [6, 6.07) is 0. The molecule has 0 bridgehead atoms. The Balaban J connectivity index is 3.56. The Morgan fingerprint density at radius 3 is 2.62 bits per heavy atom. The summed E-state index contributed by atoms with van der Waals surface area (Å²) in [6.45, 7) is 2.36. The van der Waals surface area contributed by atoms with Gasteiger partial charge in [-0.3, -0.25) is 9.59 Å². The van der Waals surface area contributed by atoms with E-state index in [0.717, 1.165) is 0 Å². The van der Waals surface area contributed by atoms with Gasteiger partial charge in [0.05, 0.1) is 0 Å². The number of rotatable bonds is 6. The average Bonchev–Trinajstić information content (AvgIpc) is 2.10. The molecule has 2 N–H and O–H groups in total. The Morgan fingerprint density at radius 2 is 2.15 bits per heavy atom. The smallest absolute Gasteiger partial charge is 0.315 e. The maximum atomic E-state index is 11.0. The molecule has 0 aliphatic heterocycles. The minimum atomic E-state index is -1.11. The molecule has 0 aromatic rings. The molecule has 0 heterocycles. The van der Waals surface area contributed by atoms with Gasteiger partial charge in [-0.1, -0.05) is 0 Å². The van der Waals surface area contributed by atoms with Crippen LogP contribution in [0.1, 0.15) is 13.3 Å². The van der Waals surface area contributed by atoms with E-state index in [2.05, 4.69) is 5.32 Å². The number of methoxy groups -OCH3 is 1. The zero-order valence-corrected chi connectivity index (χ0v) is 7.87. The van der Waals surface area contributed by atoms with Crippen molar-refractivity contribution in [1.82, 2.24) is 5.32 Å². The number of carbonyl (C=O) groups excluding carboxylic acids is 1.